The van der Waals surface area contributed by atoms with E-state index in [4.69, 9.17) is 39.9 Å². The molecule has 188 valence electrons. The van der Waals surface area contributed by atoms with Crippen molar-refractivity contribution in [2.75, 3.05) is 46.1 Å². The minimum atomic E-state index is -0.862. The van der Waals surface area contributed by atoms with Crippen LogP contribution in [-0.2, 0) is 38.0 Å². The second kappa shape index (κ2) is 18.2. The maximum atomic E-state index is 11.0. The quantitative estimate of drug-likeness (QED) is 0.132. The van der Waals surface area contributed by atoms with Crippen LogP contribution in [0.5, 0.6) is 0 Å². The van der Waals surface area contributed by atoms with Crippen LogP contribution in [-0.4, -0.2) is 82.7 Å². The molecular formula is C22H42N2O8. The summed E-state index contributed by atoms with van der Waals surface area (Å²) in [7, 11) is 0. The number of nitrogens with two attached hydrogens (primary N) is 2. The van der Waals surface area contributed by atoms with Gasteiger partial charge >= 0.3 is 11.9 Å². The first-order chi connectivity index (χ1) is 15.5. The summed E-state index contributed by atoms with van der Waals surface area (Å²) < 4.78 is 31.1. The molecule has 0 amide bonds. The van der Waals surface area contributed by atoms with Crippen molar-refractivity contribution in [3.63, 3.8) is 0 Å². The third kappa shape index (κ3) is 16.3. The Labute approximate surface area is 191 Å². The first-order valence-electron chi connectivity index (χ1n) is 11.7. The fraction of sp³-hybridized carbons (Fsp3) is 0.909. The molecule has 0 aromatic carbocycles. The lowest BCUT2D eigenvalue weighted by Crippen LogP contribution is -2.30. The molecule has 2 saturated heterocycles. The molecule has 3 atom stereocenters. The predicted octanol–water partition coefficient (Wildman–Crippen LogP) is 1.27. The van der Waals surface area contributed by atoms with Crippen LogP contribution in [0.25, 0.3) is 0 Å². The molecule has 0 spiro atoms. The van der Waals surface area contributed by atoms with Crippen molar-refractivity contribution in [1.29, 1.82) is 0 Å². The number of epoxide rings is 2. The molecule has 32 heavy (non-hydrogen) atoms. The van der Waals surface area contributed by atoms with Crippen molar-refractivity contribution in [2.45, 2.75) is 83.4 Å². The lowest BCUT2D eigenvalue weighted by Gasteiger charge is -2.17. The highest BCUT2D eigenvalue weighted by molar-refractivity contribution is 5.73. The molecule has 2 heterocycles. The van der Waals surface area contributed by atoms with Crippen LogP contribution >= 0.6 is 0 Å². The first kappa shape index (κ1) is 28.7. The Morgan fingerprint density at radius 1 is 0.906 bits per heavy atom. The molecule has 10 nitrogen and oxygen atoms in total. The van der Waals surface area contributed by atoms with Gasteiger partial charge < -0.3 is 39.9 Å². The highest BCUT2D eigenvalue weighted by Crippen LogP contribution is 2.14. The standard InChI is InChI=1S/C12H22O4.C10H20N2O4/c1-2-10(14-8-12-9-16-12)4-3-5-13-6-11-7-15-11;1-2-3-4-5-10(15-8(13)6-11)16-9(14)7-12/h10-12H,2-9H2,1H3;10H,2-7,11-12H2,1H3. The Kier molecular flexibility index (Phi) is 16.3. The zero-order valence-electron chi connectivity index (χ0n) is 19.6. The van der Waals surface area contributed by atoms with E-state index in [0.717, 1.165) is 71.6 Å². The molecule has 2 rings (SSSR count). The average Bonchev–Trinajstić information content (AvgIpc) is 3.71. The number of rotatable bonds is 18. The largest absolute Gasteiger partial charge is 0.424 e. The number of carbonyl (C=O) groups is 2. The predicted molar refractivity (Wildman–Crippen MR) is 118 cm³/mol. The van der Waals surface area contributed by atoms with Crippen molar-refractivity contribution in [2.24, 2.45) is 11.5 Å². The zero-order chi connectivity index (χ0) is 23.6. The van der Waals surface area contributed by atoms with Gasteiger partial charge in [-0.05, 0) is 25.7 Å². The van der Waals surface area contributed by atoms with Crippen LogP contribution in [0.1, 0.15) is 58.8 Å². The fourth-order valence-corrected chi connectivity index (χ4v) is 2.70. The summed E-state index contributed by atoms with van der Waals surface area (Å²) in [5, 5.41) is 0. The van der Waals surface area contributed by atoms with E-state index >= 15 is 0 Å². The van der Waals surface area contributed by atoms with Crippen molar-refractivity contribution in [1.82, 2.24) is 0 Å². The molecule has 0 aliphatic carbocycles. The summed E-state index contributed by atoms with van der Waals surface area (Å²) in [4.78, 5) is 21.9. The van der Waals surface area contributed by atoms with E-state index in [9.17, 15) is 9.59 Å². The van der Waals surface area contributed by atoms with Crippen molar-refractivity contribution >= 4 is 11.9 Å². The third-order valence-electron chi connectivity index (χ3n) is 4.80. The molecule has 2 aliphatic heterocycles. The van der Waals surface area contributed by atoms with Gasteiger partial charge in [-0.1, -0.05) is 26.7 Å². The summed E-state index contributed by atoms with van der Waals surface area (Å²) >= 11 is 0. The maximum Gasteiger partial charge on any atom is 0.322 e. The fourth-order valence-electron chi connectivity index (χ4n) is 2.70. The number of hydrogen-bond acceptors (Lipinski definition) is 10. The van der Waals surface area contributed by atoms with Gasteiger partial charge in [0.1, 0.15) is 12.2 Å². The second-order valence-corrected chi connectivity index (χ2v) is 7.80. The van der Waals surface area contributed by atoms with Crippen LogP contribution < -0.4 is 11.5 Å². The number of ether oxygens (including phenoxy) is 6. The smallest absolute Gasteiger partial charge is 0.322 e. The molecule has 10 heteroatoms. The topological polar surface area (TPSA) is 148 Å². The van der Waals surface area contributed by atoms with Crippen molar-refractivity contribution in [3.8, 4) is 0 Å². The van der Waals surface area contributed by atoms with Gasteiger partial charge in [-0.3, -0.25) is 9.59 Å². The highest BCUT2D eigenvalue weighted by Gasteiger charge is 2.24. The number of hydrogen-bond donors (Lipinski definition) is 2. The zero-order valence-corrected chi connectivity index (χ0v) is 19.6. The van der Waals surface area contributed by atoms with E-state index in [-0.39, 0.29) is 13.1 Å². The molecule has 0 bridgehead atoms. The molecule has 3 unspecified atom stereocenters. The van der Waals surface area contributed by atoms with Gasteiger partial charge in [0.2, 0.25) is 6.29 Å². The average molecular weight is 463 g/mol. The Bertz CT molecular complexity index is 482. The Morgan fingerprint density at radius 2 is 1.50 bits per heavy atom. The molecule has 2 fully saturated rings. The SMILES string of the molecule is CCC(CCCOCC1CO1)OCC1CO1.CCCCCC(OC(=O)CN)OC(=O)CN. The number of esters is 2. The second-order valence-electron chi connectivity index (χ2n) is 7.80. The minimum Gasteiger partial charge on any atom is -0.424 e. The van der Waals surface area contributed by atoms with Gasteiger partial charge in [-0.25, -0.2) is 0 Å². The van der Waals surface area contributed by atoms with Gasteiger partial charge in [0.25, 0.3) is 0 Å². The molecule has 0 radical (unpaired) electrons. The Morgan fingerprint density at radius 3 is 2.00 bits per heavy atom. The van der Waals surface area contributed by atoms with Gasteiger partial charge in [0, 0.05) is 13.0 Å². The molecule has 0 aromatic heterocycles. The van der Waals surface area contributed by atoms with Gasteiger partial charge in [0.15, 0.2) is 0 Å². The van der Waals surface area contributed by atoms with Gasteiger partial charge in [-0.15, -0.1) is 0 Å². The number of carbonyl (C=O) groups excluding carboxylic acids is 2. The normalized spacial score (nSPS) is 19.7. The van der Waals surface area contributed by atoms with E-state index in [1.54, 1.807) is 0 Å². The molecule has 0 aromatic rings. The monoisotopic (exact) mass is 462 g/mol. The molecule has 2 aliphatic rings. The summed E-state index contributed by atoms with van der Waals surface area (Å²) in [5.41, 5.74) is 10.2. The highest BCUT2D eigenvalue weighted by atomic mass is 16.7. The van der Waals surface area contributed by atoms with E-state index in [0.29, 0.717) is 24.7 Å². The Balaban J connectivity index is 0.000000320. The summed E-state index contributed by atoms with van der Waals surface area (Å²) in [5.74, 6) is -1.18. The number of unbranched alkanes of at least 4 members (excludes halogenated alkanes) is 2. The summed E-state index contributed by atoms with van der Waals surface area (Å²) in [6.07, 6.45) is 6.77. The van der Waals surface area contributed by atoms with Crippen LogP contribution in [0, 0.1) is 0 Å². The molecule has 4 N–H and O–H groups in total. The van der Waals surface area contributed by atoms with Crippen molar-refractivity contribution < 1.29 is 38.0 Å². The summed E-state index contributed by atoms with van der Waals surface area (Å²) in [6, 6.07) is 0. The van der Waals surface area contributed by atoms with Crippen molar-refractivity contribution in [3.05, 3.63) is 0 Å². The van der Waals surface area contributed by atoms with Crippen LogP contribution in [0.15, 0.2) is 0 Å². The van der Waals surface area contributed by atoms with Crippen LogP contribution in [0.3, 0.4) is 0 Å². The van der Waals surface area contributed by atoms with E-state index in [2.05, 4.69) is 6.92 Å². The maximum absolute atomic E-state index is 11.0. The first-order valence-corrected chi connectivity index (χ1v) is 11.7. The van der Waals surface area contributed by atoms with Crippen LogP contribution in [0.4, 0.5) is 0 Å². The van der Waals surface area contributed by atoms with E-state index in [1.165, 1.54) is 0 Å². The minimum absolute atomic E-state index is 0.232. The Hall–Kier alpha value is -1.30. The van der Waals surface area contributed by atoms with Gasteiger partial charge in [0.05, 0.1) is 45.6 Å². The molecular weight excluding hydrogens is 420 g/mol. The van der Waals surface area contributed by atoms with E-state index < -0.39 is 18.2 Å². The van der Waals surface area contributed by atoms with Crippen LogP contribution in [0.2, 0.25) is 0 Å². The van der Waals surface area contributed by atoms with Gasteiger partial charge in [-0.2, -0.15) is 0 Å². The third-order valence-corrected chi connectivity index (χ3v) is 4.80. The molecule has 0 saturated carbocycles. The van der Waals surface area contributed by atoms with E-state index in [1.807, 2.05) is 6.92 Å². The summed E-state index contributed by atoms with van der Waals surface area (Å²) in [6.45, 7) is 7.84. The lowest BCUT2D eigenvalue weighted by molar-refractivity contribution is -0.187. The lowest BCUT2D eigenvalue weighted by atomic mass is 10.1.